The molecule has 0 aliphatic carbocycles. The Kier molecular flexibility index (Phi) is 6.99. The molecule has 14 nitrogen and oxygen atoms in total. The fourth-order valence-corrected chi connectivity index (χ4v) is 5.47. The van der Waals surface area contributed by atoms with Crippen molar-refractivity contribution in [2.45, 2.75) is 24.9 Å². The highest BCUT2D eigenvalue weighted by Gasteiger charge is 2.46. The number of ether oxygens (including phenoxy) is 1. The molecule has 19 heteroatoms. The van der Waals surface area contributed by atoms with Gasteiger partial charge in [-0.05, 0) is 18.6 Å². The number of aromatic nitrogens is 2. The molecule has 1 fully saturated rings. The summed E-state index contributed by atoms with van der Waals surface area (Å²) in [6.45, 7) is -1.25. The number of alkyl halides is 1. The SMILES string of the molecule is O=c1ccn([C@H]2CC[C@@](F)(COP(=O)(O)OP(=O)(O)OP(=O)(O)O)O2)c(=S)[nH]1. The molecule has 0 aromatic carbocycles. The molecule has 2 rings (SSSR count). The van der Waals surface area contributed by atoms with E-state index in [1.807, 2.05) is 0 Å². The van der Waals surface area contributed by atoms with Crippen LogP contribution in [0, 0.1) is 4.77 Å². The van der Waals surface area contributed by atoms with Gasteiger partial charge in [-0.1, -0.05) is 0 Å². The van der Waals surface area contributed by atoms with E-state index in [0.29, 0.717) is 0 Å². The third kappa shape index (κ3) is 7.02. The number of hydrogen-bond acceptors (Lipinski definition) is 9. The van der Waals surface area contributed by atoms with Crippen LogP contribution in [0.15, 0.2) is 17.1 Å². The minimum absolute atomic E-state index is 0.0244. The summed E-state index contributed by atoms with van der Waals surface area (Å²) in [5.74, 6) is -2.64. The van der Waals surface area contributed by atoms with Gasteiger partial charge >= 0.3 is 23.5 Å². The van der Waals surface area contributed by atoms with Crippen LogP contribution in [0.25, 0.3) is 0 Å². The molecule has 1 aliphatic rings. The number of aromatic amines is 1. The Morgan fingerprint density at radius 2 is 1.93 bits per heavy atom. The van der Waals surface area contributed by atoms with Gasteiger partial charge in [0.2, 0.25) is 5.85 Å². The second-order valence-electron chi connectivity index (χ2n) is 5.38. The summed E-state index contributed by atoms with van der Waals surface area (Å²) >= 11 is 4.91. The predicted octanol–water partition coefficient (Wildman–Crippen LogP) is 1.22. The summed E-state index contributed by atoms with van der Waals surface area (Å²) in [4.78, 5) is 48.7. The Morgan fingerprint density at radius 1 is 1.29 bits per heavy atom. The van der Waals surface area contributed by atoms with Crippen molar-refractivity contribution in [1.82, 2.24) is 9.55 Å². The Morgan fingerprint density at radius 3 is 2.50 bits per heavy atom. The van der Waals surface area contributed by atoms with Crippen molar-refractivity contribution in [3.8, 4) is 0 Å². The van der Waals surface area contributed by atoms with E-state index in [-0.39, 0.29) is 17.6 Å². The Balaban J connectivity index is 2.00. The lowest BCUT2D eigenvalue weighted by Crippen LogP contribution is -2.29. The molecule has 1 saturated heterocycles. The number of nitrogens with one attached hydrogen (secondary N) is 1. The van der Waals surface area contributed by atoms with E-state index in [4.69, 9.17) is 31.6 Å². The quantitative estimate of drug-likeness (QED) is 0.259. The molecule has 2 heterocycles. The number of nitrogens with zero attached hydrogens (tertiary/aromatic N) is 1. The fourth-order valence-electron chi connectivity index (χ4n) is 2.14. The third-order valence-corrected chi connectivity index (χ3v) is 7.23. The van der Waals surface area contributed by atoms with Crippen LogP contribution in [-0.2, 0) is 31.6 Å². The van der Waals surface area contributed by atoms with Gasteiger partial charge in [-0.2, -0.15) is 8.62 Å². The second kappa shape index (κ2) is 8.26. The normalized spacial score (nSPS) is 27.2. The lowest BCUT2D eigenvalue weighted by Gasteiger charge is -2.23. The first-order valence-corrected chi connectivity index (χ1v) is 12.0. The van der Waals surface area contributed by atoms with Crippen LogP contribution in [0.5, 0.6) is 0 Å². The van der Waals surface area contributed by atoms with E-state index in [2.05, 4.69) is 18.1 Å². The first kappa shape index (κ1) is 23.7. The van der Waals surface area contributed by atoms with Crippen molar-refractivity contribution in [2.24, 2.45) is 0 Å². The van der Waals surface area contributed by atoms with E-state index >= 15 is 0 Å². The third-order valence-electron chi connectivity index (χ3n) is 3.13. The van der Waals surface area contributed by atoms with Crippen LogP contribution in [0.3, 0.4) is 0 Å². The van der Waals surface area contributed by atoms with Crippen molar-refractivity contribution >= 4 is 35.7 Å². The highest BCUT2D eigenvalue weighted by Crippen LogP contribution is 2.66. The van der Waals surface area contributed by atoms with Crippen LogP contribution >= 0.6 is 35.7 Å². The smallest absolute Gasteiger partial charge is 0.320 e. The lowest BCUT2D eigenvalue weighted by atomic mass is 10.2. The van der Waals surface area contributed by atoms with Gasteiger partial charge in [-0.3, -0.25) is 18.9 Å². The van der Waals surface area contributed by atoms with Crippen LogP contribution in [-0.4, -0.2) is 41.6 Å². The van der Waals surface area contributed by atoms with Gasteiger partial charge in [0.15, 0.2) is 4.77 Å². The van der Waals surface area contributed by atoms with Crippen molar-refractivity contribution < 1.29 is 55.5 Å². The van der Waals surface area contributed by atoms with E-state index in [1.54, 1.807) is 0 Å². The Hall–Kier alpha value is -0.600. The molecule has 28 heavy (non-hydrogen) atoms. The predicted molar refractivity (Wildman–Crippen MR) is 88.9 cm³/mol. The van der Waals surface area contributed by atoms with E-state index in [0.717, 1.165) is 6.07 Å². The van der Waals surface area contributed by atoms with Crippen molar-refractivity contribution in [3.63, 3.8) is 0 Å². The monoisotopic (exact) mass is 486 g/mol. The van der Waals surface area contributed by atoms with Crippen LogP contribution in [0.4, 0.5) is 4.39 Å². The Labute approximate surface area is 160 Å². The first-order valence-electron chi connectivity index (χ1n) is 7.06. The maximum atomic E-state index is 14.7. The maximum absolute atomic E-state index is 14.7. The standard InChI is InChI=1S/C9H14FN2O12P3S/c10-9(3-1-7(22-9)12-4-2-6(13)11-8(12)28)5-21-26(17,18)24-27(19,20)23-25(14,15)16/h2,4,7H,1,3,5H2,(H,17,18)(H,19,20)(H,11,13,28)(H2,14,15,16)/t7-,9+/m1/s1. The summed E-state index contributed by atoms with van der Waals surface area (Å²) in [6.07, 6.45) is -0.0657. The zero-order chi connectivity index (χ0) is 21.4. The van der Waals surface area contributed by atoms with Gasteiger partial charge in [0.1, 0.15) is 12.8 Å². The lowest BCUT2D eigenvalue weighted by molar-refractivity contribution is -0.174. The number of phosphoric acid groups is 3. The summed E-state index contributed by atoms with van der Waals surface area (Å²) in [6, 6.07) is 1.11. The van der Waals surface area contributed by atoms with Crippen LogP contribution in [0.1, 0.15) is 19.1 Å². The largest absolute Gasteiger partial charge is 0.490 e. The van der Waals surface area contributed by atoms with Gasteiger partial charge in [0.25, 0.3) is 5.56 Å². The highest BCUT2D eigenvalue weighted by molar-refractivity contribution is 7.71. The molecule has 0 amide bonds. The Bertz CT molecular complexity index is 991. The molecule has 0 radical (unpaired) electrons. The second-order valence-corrected chi connectivity index (χ2v) is 10.2. The number of hydrogen-bond donors (Lipinski definition) is 5. The molecular weight excluding hydrogens is 472 g/mol. The van der Waals surface area contributed by atoms with Crippen molar-refractivity contribution in [1.29, 1.82) is 0 Å². The molecule has 160 valence electrons. The number of halogens is 1. The molecule has 1 aromatic rings. The zero-order valence-electron chi connectivity index (χ0n) is 13.5. The molecule has 1 aromatic heterocycles. The molecule has 2 unspecified atom stereocenters. The number of phosphoric ester groups is 1. The zero-order valence-corrected chi connectivity index (χ0v) is 17.0. The number of rotatable bonds is 8. The van der Waals surface area contributed by atoms with Gasteiger partial charge in [-0.25, -0.2) is 18.1 Å². The summed E-state index contributed by atoms with van der Waals surface area (Å²) in [5.41, 5.74) is -0.488. The average Bonchev–Trinajstić information content (AvgIpc) is 2.84. The van der Waals surface area contributed by atoms with Crippen molar-refractivity contribution in [3.05, 3.63) is 27.4 Å². The molecule has 5 N–H and O–H groups in total. The summed E-state index contributed by atoms with van der Waals surface area (Å²) in [5, 5.41) is 0. The van der Waals surface area contributed by atoms with E-state index in [1.165, 1.54) is 10.8 Å². The van der Waals surface area contributed by atoms with E-state index in [9.17, 15) is 27.8 Å². The topological polar surface area (TPSA) is 207 Å². The minimum Gasteiger partial charge on any atom is -0.320 e. The molecule has 1 aliphatic heterocycles. The van der Waals surface area contributed by atoms with Gasteiger partial charge in [0, 0.05) is 18.7 Å². The molecule has 4 atom stereocenters. The van der Waals surface area contributed by atoms with Crippen LogP contribution < -0.4 is 5.56 Å². The fraction of sp³-hybridized carbons (Fsp3) is 0.556. The molecule has 0 saturated carbocycles. The first-order chi connectivity index (χ1) is 12.6. The average molecular weight is 486 g/mol. The van der Waals surface area contributed by atoms with Gasteiger partial charge in [-0.15, -0.1) is 0 Å². The molecule has 0 spiro atoms. The van der Waals surface area contributed by atoms with Crippen molar-refractivity contribution in [2.75, 3.05) is 6.61 Å². The number of H-pyrrole nitrogens is 1. The highest BCUT2D eigenvalue weighted by atomic mass is 32.1. The summed E-state index contributed by atoms with van der Waals surface area (Å²) < 4.78 is 65.5. The van der Waals surface area contributed by atoms with Crippen LogP contribution in [0.2, 0.25) is 0 Å². The van der Waals surface area contributed by atoms with Gasteiger partial charge in [0.05, 0.1) is 0 Å². The summed E-state index contributed by atoms with van der Waals surface area (Å²) in [7, 11) is -16.7. The van der Waals surface area contributed by atoms with E-state index < -0.39 is 47.7 Å². The minimum atomic E-state index is -5.71. The molecule has 0 bridgehead atoms. The maximum Gasteiger partial charge on any atom is 0.490 e. The van der Waals surface area contributed by atoms with Gasteiger partial charge < -0.3 is 24.3 Å². The molecular formula is C9H14FN2O12P3S.